The largest absolute Gasteiger partial charge is 0.496 e. The second kappa shape index (κ2) is 5.93. The van der Waals surface area contributed by atoms with Crippen LogP contribution in [0.4, 0.5) is 5.69 Å². The van der Waals surface area contributed by atoms with Gasteiger partial charge in [0.2, 0.25) is 0 Å². The Bertz CT molecular complexity index is 604. The lowest BCUT2D eigenvalue weighted by atomic mass is 10.1. The first-order valence-corrected chi connectivity index (χ1v) is 7.13. The summed E-state index contributed by atoms with van der Waals surface area (Å²) >= 11 is 1.63. The van der Waals surface area contributed by atoms with E-state index in [1.165, 1.54) is 0 Å². The maximum atomic E-state index is 5.45. The molecule has 0 aliphatic heterocycles. The number of hydrogen-bond acceptors (Lipinski definition) is 4. The lowest BCUT2D eigenvalue weighted by Gasteiger charge is -2.08. The molecule has 0 aliphatic carbocycles. The summed E-state index contributed by atoms with van der Waals surface area (Å²) in [6.45, 7) is 1.99. The van der Waals surface area contributed by atoms with Crippen LogP contribution in [0.5, 0.6) is 5.75 Å². The number of aryl methyl sites for hydroxylation is 1. The van der Waals surface area contributed by atoms with E-state index in [2.05, 4.69) is 10.1 Å². The van der Waals surface area contributed by atoms with E-state index < -0.39 is 0 Å². The van der Waals surface area contributed by atoms with Crippen molar-refractivity contribution in [1.29, 1.82) is 0 Å². The van der Waals surface area contributed by atoms with Crippen molar-refractivity contribution in [3.05, 3.63) is 30.6 Å². The lowest BCUT2D eigenvalue weighted by Crippen LogP contribution is -1.88. The Balaban J connectivity index is 2.42. The first kappa shape index (κ1) is 13.7. The van der Waals surface area contributed by atoms with Gasteiger partial charge in [-0.25, -0.2) is 4.99 Å². The molecule has 0 atom stereocenters. The van der Waals surface area contributed by atoms with Crippen molar-refractivity contribution in [2.45, 2.75) is 6.92 Å². The summed E-state index contributed by atoms with van der Waals surface area (Å²) in [5.74, 6) is 0.808. The summed E-state index contributed by atoms with van der Waals surface area (Å²) in [6.07, 6.45) is 5.81. The zero-order chi connectivity index (χ0) is 13.8. The van der Waals surface area contributed by atoms with Gasteiger partial charge in [-0.1, -0.05) is 0 Å². The van der Waals surface area contributed by atoms with E-state index in [4.69, 9.17) is 4.74 Å². The van der Waals surface area contributed by atoms with E-state index in [1.807, 2.05) is 50.8 Å². The topological polar surface area (TPSA) is 39.4 Å². The Morgan fingerprint density at radius 2 is 2.21 bits per heavy atom. The van der Waals surface area contributed by atoms with Crippen LogP contribution in [0, 0.1) is 0 Å². The quantitative estimate of drug-likeness (QED) is 0.635. The maximum absolute atomic E-state index is 5.45. The molecule has 0 bridgehead atoms. The number of rotatable bonds is 3. The first-order chi connectivity index (χ1) is 9.13. The van der Waals surface area contributed by atoms with Crippen LogP contribution in [0.2, 0.25) is 0 Å². The Morgan fingerprint density at radius 1 is 1.42 bits per heavy atom. The number of benzene rings is 1. The zero-order valence-corrected chi connectivity index (χ0v) is 12.4. The average molecular weight is 275 g/mol. The molecule has 0 unspecified atom stereocenters. The smallest absolute Gasteiger partial charge is 0.128 e. The summed E-state index contributed by atoms with van der Waals surface area (Å²) in [5, 5.41) is 5.21. The van der Waals surface area contributed by atoms with Gasteiger partial charge in [0.1, 0.15) is 5.75 Å². The first-order valence-electron chi connectivity index (χ1n) is 5.90. The SMILES string of the molecule is COc1cc(N=C(C)SC)ccc1-c1cnn(C)c1. The van der Waals surface area contributed by atoms with Gasteiger partial charge in [0, 0.05) is 30.4 Å². The molecule has 0 fully saturated rings. The molecule has 2 rings (SSSR count). The average Bonchev–Trinajstić information content (AvgIpc) is 2.84. The van der Waals surface area contributed by atoms with Crippen LogP contribution in [0.3, 0.4) is 0 Å². The number of aliphatic imine (C=N–C) groups is 1. The summed E-state index contributed by atoms with van der Waals surface area (Å²) in [5.41, 5.74) is 2.96. The molecule has 0 saturated carbocycles. The molecule has 0 spiro atoms. The third kappa shape index (κ3) is 3.17. The fraction of sp³-hybridized carbons (Fsp3) is 0.286. The van der Waals surface area contributed by atoms with E-state index in [1.54, 1.807) is 23.6 Å². The van der Waals surface area contributed by atoms with Gasteiger partial charge in [-0.3, -0.25) is 4.68 Å². The molecular formula is C14H17N3OS. The number of ether oxygens (including phenoxy) is 1. The van der Waals surface area contributed by atoms with Gasteiger partial charge in [-0.2, -0.15) is 5.10 Å². The van der Waals surface area contributed by atoms with Crippen LogP contribution >= 0.6 is 11.8 Å². The van der Waals surface area contributed by atoms with Crippen LogP contribution in [0.25, 0.3) is 11.1 Å². The van der Waals surface area contributed by atoms with Crippen molar-refractivity contribution in [1.82, 2.24) is 9.78 Å². The molecule has 0 radical (unpaired) electrons. The van der Waals surface area contributed by atoms with Crippen LogP contribution in [-0.2, 0) is 7.05 Å². The molecule has 1 aromatic carbocycles. The Hall–Kier alpha value is -1.75. The highest BCUT2D eigenvalue weighted by atomic mass is 32.2. The second-order valence-electron chi connectivity index (χ2n) is 4.12. The predicted octanol–water partition coefficient (Wildman–Crippen LogP) is 3.51. The fourth-order valence-corrected chi connectivity index (χ4v) is 1.97. The summed E-state index contributed by atoms with van der Waals surface area (Å²) in [6, 6.07) is 5.95. The summed E-state index contributed by atoms with van der Waals surface area (Å²) in [7, 11) is 3.57. The van der Waals surface area contributed by atoms with Crippen molar-refractivity contribution < 1.29 is 4.74 Å². The normalized spacial score (nSPS) is 11.7. The van der Waals surface area contributed by atoms with E-state index in [9.17, 15) is 0 Å². The molecular weight excluding hydrogens is 258 g/mol. The molecule has 0 N–H and O–H groups in total. The van der Waals surface area contributed by atoms with E-state index >= 15 is 0 Å². The molecule has 5 heteroatoms. The van der Waals surface area contributed by atoms with Crippen LogP contribution in [0.15, 0.2) is 35.6 Å². The van der Waals surface area contributed by atoms with Gasteiger partial charge in [-0.15, -0.1) is 11.8 Å². The molecule has 1 heterocycles. The monoisotopic (exact) mass is 275 g/mol. The van der Waals surface area contributed by atoms with Gasteiger partial charge >= 0.3 is 0 Å². The number of nitrogens with zero attached hydrogens (tertiary/aromatic N) is 3. The molecule has 0 amide bonds. The molecule has 4 nitrogen and oxygen atoms in total. The van der Waals surface area contributed by atoms with Crippen LogP contribution in [-0.4, -0.2) is 28.2 Å². The Morgan fingerprint density at radius 3 is 2.79 bits per heavy atom. The van der Waals surface area contributed by atoms with Gasteiger partial charge in [0.25, 0.3) is 0 Å². The second-order valence-corrected chi connectivity index (χ2v) is 5.12. The van der Waals surface area contributed by atoms with Gasteiger partial charge < -0.3 is 4.74 Å². The lowest BCUT2D eigenvalue weighted by molar-refractivity contribution is 0.416. The van der Waals surface area contributed by atoms with Crippen molar-refractivity contribution in [3.63, 3.8) is 0 Å². The van der Waals surface area contributed by atoms with E-state index in [-0.39, 0.29) is 0 Å². The zero-order valence-electron chi connectivity index (χ0n) is 11.5. The van der Waals surface area contributed by atoms with Crippen molar-refractivity contribution >= 4 is 22.5 Å². The van der Waals surface area contributed by atoms with Gasteiger partial charge in [0.15, 0.2) is 0 Å². The van der Waals surface area contributed by atoms with Crippen LogP contribution in [0.1, 0.15) is 6.92 Å². The van der Waals surface area contributed by atoms with Crippen molar-refractivity contribution in [2.75, 3.05) is 13.4 Å². The standard InChI is InChI=1S/C14H17N3OS/c1-10(19-4)16-12-5-6-13(14(7-12)18-3)11-8-15-17(2)9-11/h5-9H,1-4H3. The number of hydrogen-bond donors (Lipinski definition) is 0. The molecule has 1 aromatic heterocycles. The molecule has 0 aliphatic rings. The third-order valence-corrected chi connectivity index (χ3v) is 3.47. The maximum Gasteiger partial charge on any atom is 0.128 e. The number of thioether (sulfide) groups is 1. The van der Waals surface area contributed by atoms with E-state index in [0.717, 1.165) is 27.6 Å². The van der Waals surface area contributed by atoms with E-state index in [0.29, 0.717) is 0 Å². The van der Waals surface area contributed by atoms with Gasteiger partial charge in [0.05, 0.1) is 24.0 Å². The molecule has 0 saturated heterocycles. The summed E-state index contributed by atoms with van der Waals surface area (Å²) < 4.78 is 7.23. The molecule has 2 aromatic rings. The summed E-state index contributed by atoms with van der Waals surface area (Å²) in [4.78, 5) is 4.50. The number of aromatic nitrogens is 2. The minimum atomic E-state index is 0.808. The minimum Gasteiger partial charge on any atom is -0.496 e. The predicted molar refractivity (Wildman–Crippen MR) is 81.5 cm³/mol. The molecule has 100 valence electrons. The molecule has 19 heavy (non-hydrogen) atoms. The Labute approximate surface area is 117 Å². The van der Waals surface area contributed by atoms with Crippen molar-refractivity contribution in [3.8, 4) is 16.9 Å². The van der Waals surface area contributed by atoms with Crippen molar-refractivity contribution in [2.24, 2.45) is 12.0 Å². The van der Waals surface area contributed by atoms with Crippen LogP contribution < -0.4 is 4.74 Å². The highest BCUT2D eigenvalue weighted by molar-refractivity contribution is 8.13. The highest BCUT2D eigenvalue weighted by Crippen LogP contribution is 2.33. The number of methoxy groups -OCH3 is 1. The third-order valence-electron chi connectivity index (χ3n) is 2.78. The highest BCUT2D eigenvalue weighted by Gasteiger charge is 2.08. The fourth-order valence-electron chi connectivity index (χ4n) is 1.78. The minimum absolute atomic E-state index is 0.808. The van der Waals surface area contributed by atoms with Gasteiger partial charge in [-0.05, 0) is 25.3 Å². The Kier molecular flexibility index (Phi) is 4.27.